The molecule has 3 aromatic rings. The molecule has 0 spiro atoms. The van der Waals surface area contributed by atoms with Crippen molar-refractivity contribution in [2.24, 2.45) is 11.8 Å². The lowest BCUT2D eigenvalue weighted by atomic mass is 9.78. The maximum atomic E-state index is 13.4. The smallest absolute Gasteiger partial charge is 0.251 e. The van der Waals surface area contributed by atoms with Gasteiger partial charge in [0.2, 0.25) is 17.7 Å². The van der Waals surface area contributed by atoms with E-state index in [2.05, 4.69) is 15.1 Å². The third-order valence-electron chi connectivity index (χ3n) is 8.22. The Kier molecular flexibility index (Phi) is 6.43. The number of anilines is 2. The van der Waals surface area contributed by atoms with Crippen LogP contribution in [0.2, 0.25) is 0 Å². The molecule has 3 fully saturated rings. The van der Waals surface area contributed by atoms with Crippen LogP contribution in [0.3, 0.4) is 0 Å². The molecule has 10 nitrogen and oxygen atoms in total. The Morgan fingerprint density at radius 3 is 2.41 bits per heavy atom. The molecule has 6 heterocycles. The molecule has 1 atom stereocenters. The van der Waals surface area contributed by atoms with Crippen molar-refractivity contribution < 1.29 is 18.0 Å². The first-order valence-electron chi connectivity index (χ1n) is 13.1. The molecule has 12 heteroatoms. The van der Waals surface area contributed by atoms with E-state index in [1.54, 1.807) is 18.4 Å². The van der Waals surface area contributed by atoms with E-state index in [-0.39, 0.29) is 24.4 Å². The van der Waals surface area contributed by atoms with Gasteiger partial charge in [-0.1, -0.05) is 0 Å². The van der Waals surface area contributed by atoms with Crippen LogP contribution in [0, 0.1) is 11.8 Å². The third kappa shape index (κ3) is 4.74. The van der Waals surface area contributed by atoms with Crippen molar-refractivity contribution in [2.75, 3.05) is 49.9 Å². The second-order valence-corrected chi connectivity index (χ2v) is 10.3. The normalized spacial score (nSPS) is 22.2. The van der Waals surface area contributed by atoms with Crippen molar-refractivity contribution in [3.8, 4) is 11.6 Å². The van der Waals surface area contributed by atoms with E-state index < -0.39 is 6.43 Å². The molecule has 2 N–H and O–H groups in total. The average molecular weight is 515 g/mol. The fraction of sp³-hybridized carbons (Fsp3) is 0.600. The number of halogens is 2. The molecule has 0 saturated carbocycles. The molecule has 0 unspecified atom stereocenters. The molecule has 3 aliphatic heterocycles. The summed E-state index contributed by atoms with van der Waals surface area (Å²) in [7, 11) is 0. The Bertz CT molecular complexity index is 1230. The predicted molar refractivity (Wildman–Crippen MR) is 133 cm³/mol. The fourth-order valence-corrected chi connectivity index (χ4v) is 6.08. The quantitative estimate of drug-likeness (QED) is 0.535. The van der Waals surface area contributed by atoms with Crippen LogP contribution in [0.25, 0.3) is 17.2 Å². The summed E-state index contributed by atoms with van der Waals surface area (Å²) in [5, 5.41) is 4.38. The van der Waals surface area contributed by atoms with Crippen molar-refractivity contribution in [1.82, 2.24) is 29.4 Å². The van der Waals surface area contributed by atoms with Gasteiger partial charge in [0.15, 0.2) is 11.4 Å². The Morgan fingerprint density at radius 2 is 1.78 bits per heavy atom. The van der Waals surface area contributed by atoms with Gasteiger partial charge in [0.05, 0.1) is 12.8 Å². The minimum atomic E-state index is -2.26. The number of likely N-dealkylation sites (tertiary alicyclic amines) is 2. The van der Waals surface area contributed by atoms with E-state index in [1.807, 2.05) is 20.8 Å². The number of nitrogens with two attached hydrogens (primary N) is 1. The number of nitrogens with zero attached hydrogens (tertiary/aromatic N) is 7. The number of carbonyl (C=O) groups excluding carboxylic acids is 1. The summed E-state index contributed by atoms with van der Waals surface area (Å²) in [6, 6.07) is 5.10. The van der Waals surface area contributed by atoms with Crippen molar-refractivity contribution >= 4 is 23.3 Å². The van der Waals surface area contributed by atoms with Crippen LogP contribution in [-0.2, 0) is 4.79 Å². The van der Waals surface area contributed by atoms with Crippen LogP contribution in [0.4, 0.5) is 20.5 Å². The van der Waals surface area contributed by atoms with Crippen LogP contribution < -0.4 is 10.6 Å². The molecule has 37 heavy (non-hydrogen) atoms. The molecule has 3 aromatic heterocycles. The van der Waals surface area contributed by atoms with Crippen LogP contribution in [0.1, 0.15) is 32.1 Å². The number of amides is 1. The zero-order chi connectivity index (χ0) is 25.5. The molecule has 0 aromatic carbocycles. The predicted octanol–water partition coefficient (Wildman–Crippen LogP) is 2.76. The number of hydrogen-bond acceptors (Lipinski definition) is 8. The van der Waals surface area contributed by atoms with Gasteiger partial charge in [0.25, 0.3) is 6.43 Å². The standard InChI is InChI=1S/C25H32F2N8O2/c26-20(27)15-32-8-3-16(4-9-32)17-5-10-33(11-6-17)24(36)18-7-12-34(18)21-14-22-29-23(19-2-1-13-37-19)31-35(22)25(28)30-21/h1-2,13-14,16-18,20H,3-12,15H2,(H2,28,30)/t18-/m0/s1. The zero-order valence-electron chi connectivity index (χ0n) is 20.7. The molecule has 6 rings (SSSR count). The van der Waals surface area contributed by atoms with Crippen LogP contribution in [-0.4, -0.2) is 87.0 Å². The van der Waals surface area contributed by atoms with Gasteiger partial charge < -0.3 is 20.0 Å². The molecule has 3 aliphatic rings. The molecule has 1 amide bonds. The summed E-state index contributed by atoms with van der Waals surface area (Å²) in [5.41, 5.74) is 6.73. The lowest BCUT2D eigenvalue weighted by molar-refractivity contribution is -0.135. The number of alkyl halides is 2. The highest BCUT2D eigenvalue weighted by molar-refractivity contribution is 5.87. The average Bonchev–Trinajstić information content (AvgIpc) is 3.54. The van der Waals surface area contributed by atoms with Crippen molar-refractivity contribution in [1.29, 1.82) is 0 Å². The van der Waals surface area contributed by atoms with E-state index in [1.165, 1.54) is 4.52 Å². The number of carbonyl (C=O) groups is 1. The molecule has 198 valence electrons. The highest BCUT2D eigenvalue weighted by Gasteiger charge is 2.40. The second kappa shape index (κ2) is 9.88. The molecular weight excluding hydrogens is 482 g/mol. The number of furan rings is 1. The Labute approximate surface area is 213 Å². The Balaban J connectivity index is 1.07. The molecule has 0 bridgehead atoms. The van der Waals surface area contributed by atoms with Gasteiger partial charge in [-0.2, -0.15) is 9.50 Å². The monoisotopic (exact) mass is 514 g/mol. The number of hydrogen-bond donors (Lipinski definition) is 1. The number of piperidine rings is 2. The first kappa shape index (κ1) is 24.1. The van der Waals surface area contributed by atoms with Gasteiger partial charge >= 0.3 is 0 Å². The SMILES string of the molecule is Nc1nc(N2CC[C@H]2C(=O)N2CCC(C3CCN(CC(F)F)CC3)CC2)cc2nc(-c3ccco3)nn12. The van der Waals surface area contributed by atoms with E-state index in [4.69, 9.17) is 10.2 Å². The fourth-order valence-electron chi connectivity index (χ4n) is 6.08. The minimum Gasteiger partial charge on any atom is -0.461 e. The number of fused-ring (bicyclic) bond motifs is 1. The first-order chi connectivity index (χ1) is 18.0. The van der Waals surface area contributed by atoms with Gasteiger partial charge in [0, 0.05) is 25.7 Å². The van der Waals surface area contributed by atoms with Crippen LogP contribution in [0.15, 0.2) is 28.9 Å². The number of rotatable bonds is 6. The van der Waals surface area contributed by atoms with E-state index in [0.29, 0.717) is 34.9 Å². The zero-order valence-corrected chi connectivity index (χ0v) is 20.7. The van der Waals surface area contributed by atoms with Crippen molar-refractivity contribution in [3.63, 3.8) is 0 Å². The maximum Gasteiger partial charge on any atom is 0.251 e. The Morgan fingerprint density at radius 1 is 1.05 bits per heavy atom. The van der Waals surface area contributed by atoms with Crippen LogP contribution >= 0.6 is 0 Å². The molecule has 0 aliphatic carbocycles. The Hall–Kier alpha value is -3.28. The summed E-state index contributed by atoms with van der Waals surface area (Å²) in [6.07, 6.45) is 3.98. The van der Waals surface area contributed by atoms with Crippen molar-refractivity contribution in [2.45, 2.75) is 44.6 Å². The number of aromatic nitrogens is 4. The largest absolute Gasteiger partial charge is 0.461 e. The lowest BCUT2D eigenvalue weighted by Crippen LogP contribution is -2.58. The summed E-state index contributed by atoms with van der Waals surface area (Å²) < 4.78 is 32.2. The highest BCUT2D eigenvalue weighted by atomic mass is 19.3. The van der Waals surface area contributed by atoms with Gasteiger partial charge in [-0.3, -0.25) is 9.69 Å². The maximum absolute atomic E-state index is 13.4. The van der Waals surface area contributed by atoms with Gasteiger partial charge in [-0.15, -0.1) is 5.10 Å². The summed E-state index contributed by atoms with van der Waals surface area (Å²) in [5.74, 6) is 3.07. The van der Waals surface area contributed by atoms with Gasteiger partial charge in [0.1, 0.15) is 11.9 Å². The number of nitrogen functional groups attached to an aromatic ring is 1. The summed E-state index contributed by atoms with van der Waals surface area (Å²) in [6.45, 7) is 3.60. The van der Waals surface area contributed by atoms with Gasteiger partial charge in [-0.05, 0) is 69.2 Å². The van der Waals surface area contributed by atoms with Gasteiger partial charge in [-0.25, -0.2) is 13.8 Å². The molecule has 0 radical (unpaired) electrons. The first-order valence-corrected chi connectivity index (χ1v) is 13.1. The van der Waals surface area contributed by atoms with E-state index >= 15 is 0 Å². The highest BCUT2D eigenvalue weighted by Crippen LogP contribution is 2.34. The van der Waals surface area contributed by atoms with Crippen LogP contribution in [0.5, 0.6) is 0 Å². The molecular formula is C25H32F2N8O2. The summed E-state index contributed by atoms with van der Waals surface area (Å²) >= 11 is 0. The van der Waals surface area contributed by atoms with E-state index in [9.17, 15) is 13.6 Å². The lowest BCUT2D eigenvalue weighted by Gasteiger charge is -2.45. The van der Waals surface area contributed by atoms with Crippen molar-refractivity contribution in [3.05, 3.63) is 24.5 Å². The van der Waals surface area contributed by atoms with E-state index in [0.717, 1.165) is 64.8 Å². The minimum absolute atomic E-state index is 0.118. The second-order valence-electron chi connectivity index (χ2n) is 10.3. The molecule has 3 saturated heterocycles. The topological polar surface area (TPSA) is 109 Å². The third-order valence-corrected chi connectivity index (χ3v) is 8.22. The summed E-state index contributed by atoms with van der Waals surface area (Å²) in [4.78, 5) is 28.3.